The summed E-state index contributed by atoms with van der Waals surface area (Å²) in [5, 5.41) is 0.939. The van der Waals surface area contributed by atoms with E-state index in [0.717, 1.165) is 40.6 Å². The van der Waals surface area contributed by atoms with Crippen LogP contribution in [-0.4, -0.2) is 42.8 Å². The maximum Gasteiger partial charge on any atom is 0.231 e. The maximum absolute atomic E-state index is 12.7. The molecule has 1 amide bonds. The third-order valence-electron chi connectivity index (χ3n) is 6.00. The number of hydrogen-bond donors (Lipinski definition) is 0. The quantitative estimate of drug-likeness (QED) is 0.543. The topological polar surface area (TPSA) is 70.1 Å². The van der Waals surface area contributed by atoms with Crippen LogP contribution in [0, 0.1) is 0 Å². The Morgan fingerprint density at radius 1 is 1.09 bits per heavy atom. The molecule has 0 N–H and O–H groups in total. The Kier molecular flexibility index (Phi) is 5.25. The fourth-order valence-corrected chi connectivity index (χ4v) is 4.15. The van der Waals surface area contributed by atoms with Crippen LogP contribution in [0.3, 0.4) is 0 Å². The van der Waals surface area contributed by atoms with E-state index in [1.165, 1.54) is 0 Å². The van der Waals surface area contributed by atoms with E-state index in [4.69, 9.17) is 23.9 Å². The highest BCUT2D eigenvalue weighted by atomic mass is 16.7. The molecule has 2 aromatic carbocycles. The third-order valence-corrected chi connectivity index (χ3v) is 6.00. The van der Waals surface area contributed by atoms with Crippen molar-refractivity contribution in [1.29, 1.82) is 0 Å². The summed E-state index contributed by atoms with van der Waals surface area (Å²) in [5.41, 5.74) is 3.33. The highest BCUT2D eigenvalue weighted by molar-refractivity contribution is 5.88. The minimum Gasteiger partial charge on any atom is -0.497 e. The van der Waals surface area contributed by atoms with Gasteiger partial charge in [0.05, 0.1) is 25.4 Å². The number of amides is 1. The number of aromatic nitrogens is 1. The first-order valence-electron chi connectivity index (χ1n) is 10.9. The number of carbonyl (C=O) groups excluding carboxylic acids is 1. The number of nitrogens with zero attached hydrogens (tertiary/aromatic N) is 2. The normalized spacial score (nSPS) is 14.5. The summed E-state index contributed by atoms with van der Waals surface area (Å²) in [4.78, 5) is 19.7. The molecule has 2 heterocycles. The summed E-state index contributed by atoms with van der Waals surface area (Å²) in [7, 11) is 3.27. The standard InChI is InChI=1S/C25H26N2O5/c1-4-24(28)27(17-5-6-17)13-16-9-15-10-22-23(32-14-31-22)12-20(15)26-25(16)19-11-18(29-2)7-8-21(19)30-3/h7-12,17H,4-6,13-14H2,1-3H3. The van der Waals surface area contributed by atoms with Gasteiger partial charge in [0.2, 0.25) is 12.7 Å². The molecule has 1 aliphatic carbocycles. The number of benzene rings is 2. The Bertz CT molecular complexity index is 1190. The van der Waals surface area contributed by atoms with Crippen molar-refractivity contribution in [3.05, 3.63) is 42.0 Å². The number of rotatable bonds is 7. The molecular formula is C25H26N2O5. The van der Waals surface area contributed by atoms with Crippen molar-refractivity contribution >= 4 is 16.8 Å². The van der Waals surface area contributed by atoms with Crippen molar-refractivity contribution in [2.45, 2.75) is 38.8 Å². The first-order chi connectivity index (χ1) is 15.6. The molecule has 1 aliphatic heterocycles. The SMILES string of the molecule is CCC(=O)N(Cc1cc2cc3c(cc2nc1-c1cc(OC)ccc1OC)OCO3)C1CC1. The first kappa shape index (κ1) is 20.4. The van der Waals surface area contributed by atoms with Gasteiger partial charge in [0.25, 0.3) is 0 Å². The molecule has 1 saturated carbocycles. The molecule has 5 rings (SSSR count). The zero-order valence-electron chi connectivity index (χ0n) is 18.5. The lowest BCUT2D eigenvalue weighted by molar-refractivity contribution is -0.132. The molecule has 0 unspecified atom stereocenters. The van der Waals surface area contributed by atoms with Crippen molar-refractivity contribution in [1.82, 2.24) is 9.88 Å². The Morgan fingerprint density at radius 3 is 2.56 bits per heavy atom. The fraction of sp³-hybridized carbons (Fsp3) is 0.360. The molecule has 32 heavy (non-hydrogen) atoms. The van der Waals surface area contributed by atoms with Crippen LogP contribution in [0.15, 0.2) is 36.4 Å². The molecule has 0 atom stereocenters. The Balaban J connectivity index is 1.70. The number of fused-ring (bicyclic) bond motifs is 2. The van der Waals surface area contributed by atoms with Crippen LogP contribution in [0.1, 0.15) is 31.7 Å². The second kappa shape index (κ2) is 8.22. The van der Waals surface area contributed by atoms with Gasteiger partial charge < -0.3 is 23.8 Å². The molecule has 1 fully saturated rings. The smallest absolute Gasteiger partial charge is 0.231 e. The van der Waals surface area contributed by atoms with Crippen LogP contribution < -0.4 is 18.9 Å². The molecule has 7 heteroatoms. The van der Waals surface area contributed by atoms with Crippen molar-refractivity contribution in [2.24, 2.45) is 0 Å². The minimum absolute atomic E-state index is 0.154. The second-order valence-electron chi connectivity index (χ2n) is 8.07. The molecule has 0 saturated heterocycles. The average Bonchev–Trinajstić information content (AvgIpc) is 3.57. The number of ether oxygens (including phenoxy) is 4. The highest BCUT2D eigenvalue weighted by Gasteiger charge is 2.32. The van der Waals surface area contributed by atoms with E-state index < -0.39 is 0 Å². The first-order valence-corrected chi connectivity index (χ1v) is 10.9. The van der Waals surface area contributed by atoms with Gasteiger partial charge in [-0.15, -0.1) is 0 Å². The van der Waals surface area contributed by atoms with Gasteiger partial charge in [-0.25, -0.2) is 4.98 Å². The molecule has 3 aromatic rings. The molecule has 0 radical (unpaired) electrons. The van der Waals surface area contributed by atoms with Crippen molar-refractivity contribution in [3.63, 3.8) is 0 Å². The number of methoxy groups -OCH3 is 2. The number of pyridine rings is 1. The van der Waals surface area contributed by atoms with Crippen molar-refractivity contribution in [3.8, 4) is 34.3 Å². The van der Waals surface area contributed by atoms with Crippen LogP contribution in [-0.2, 0) is 11.3 Å². The van der Waals surface area contributed by atoms with Crippen LogP contribution in [0.25, 0.3) is 22.2 Å². The summed E-state index contributed by atoms with van der Waals surface area (Å²) < 4.78 is 22.2. The molecule has 0 bridgehead atoms. The van der Waals surface area contributed by atoms with Gasteiger partial charge in [-0.3, -0.25) is 4.79 Å². The van der Waals surface area contributed by atoms with Crippen LogP contribution >= 0.6 is 0 Å². The zero-order valence-corrected chi connectivity index (χ0v) is 18.5. The highest BCUT2D eigenvalue weighted by Crippen LogP contribution is 2.40. The van der Waals surface area contributed by atoms with Gasteiger partial charge in [0, 0.05) is 36.0 Å². The van der Waals surface area contributed by atoms with Gasteiger partial charge in [-0.2, -0.15) is 0 Å². The number of carbonyl (C=O) groups is 1. The van der Waals surface area contributed by atoms with Crippen LogP contribution in [0.2, 0.25) is 0 Å². The predicted molar refractivity (Wildman–Crippen MR) is 120 cm³/mol. The van der Waals surface area contributed by atoms with Gasteiger partial charge in [-0.05, 0) is 48.7 Å². The van der Waals surface area contributed by atoms with E-state index in [0.29, 0.717) is 42.0 Å². The molecule has 1 aromatic heterocycles. The average molecular weight is 434 g/mol. The largest absolute Gasteiger partial charge is 0.497 e. The zero-order chi connectivity index (χ0) is 22.2. The molecular weight excluding hydrogens is 408 g/mol. The summed E-state index contributed by atoms with van der Waals surface area (Å²) >= 11 is 0. The van der Waals surface area contributed by atoms with Crippen molar-refractivity contribution < 1.29 is 23.7 Å². The monoisotopic (exact) mass is 434 g/mol. The van der Waals surface area contributed by atoms with Gasteiger partial charge in [-0.1, -0.05) is 6.92 Å². The maximum atomic E-state index is 12.7. The second-order valence-corrected chi connectivity index (χ2v) is 8.07. The molecule has 166 valence electrons. The number of hydrogen-bond acceptors (Lipinski definition) is 6. The van der Waals surface area contributed by atoms with Gasteiger partial charge in [0.1, 0.15) is 11.5 Å². The third kappa shape index (κ3) is 3.68. The predicted octanol–water partition coefficient (Wildman–Crippen LogP) is 4.55. The van der Waals surface area contributed by atoms with Gasteiger partial charge in [0.15, 0.2) is 11.5 Å². The molecule has 0 spiro atoms. The lowest BCUT2D eigenvalue weighted by Crippen LogP contribution is -2.32. The van der Waals surface area contributed by atoms with E-state index in [-0.39, 0.29) is 12.7 Å². The lowest BCUT2D eigenvalue weighted by Gasteiger charge is -2.24. The van der Waals surface area contributed by atoms with E-state index in [1.807, 2.05) is 42.2 Å². The Morgan fingerprint density at radius 2 is 1.88 bits per heavy atom. The molecule has 7 nitrogen and oxygen atoms in total. The van der Waals surface area contributed by atoms with Gasteiger partial charge >= 0.3 is 0 Å². The van der Waals surface area contributed by atoms with E-state index in [2.05, 4.69) is 6.07 Å². The Labute approximate surface area is 186 Å². The molecule has 2 aliphatic rings. The summed E-state index contributed by atoms with van der Waals surface area (Å²) in [6, 6.07) is 11.9. The fourth-order valence-electron chi connectivity index (χ4n) is 4.15. The van der Waals surface area contributed by atoms with Crippen LogP contribution in [0.5, 0.6) is 23.0 Å². The lowest BCUT2D eigenvalue weighted by atomic mass is 10.0. The Hall–Kier alpha value is -3.48. The van der Waals surface area contributed by atoms with Crippen LogP contribution in [0.4, 0.5) is 0 Å². The minimum atomic E-state index is 0.154. The van der Waals surface area contributed by atoms with Crippen molar-refractivity contribution in [2.75, 3.05) is 21.0 Å². The summed E-state index contributed by atoms with van der Waals surface area (Å²) in [6.07, 6.45) is 2.57. The van der Waals surface area contributed by atoms with E-state index >= 15 is 0 Å². The summed E-state index contributed by atoms with van der Waals surface area (Å²) in [5.74, 6) is 2.95. The van der Waals surface area contributed by atoms with E-state index in [9.17, 15) is 4.79 Å². The summed E-state index contributed by atoms with van der Waals surface area (Å²) in [6.45, 7) is 2.60. The van der Waals surface area contributed by atoms with E-state index in [1.54, 1.807) is 14.2 Å².